The fourth-order valence-electron chi connectivity index (χ4n) is 3.73. The number of hydrogen-bond donors (Lipinski definition) is 1. The van der Waals surface area contributed by atoms with Gasteiger partial charge in [0.15, 0.2) is 11.5 Å². The van der Waals surface area contributed by atoms with Gasteiger partial charge in [0, 0.05) is 26.4 Å². The Morgan fingerprint density at radius 3 is 2.75 bits per heavy atom. The molecule has 2 aromatic carbocycles. The van der Waals surface area contributed by atoms with Crippen LogP contribution in [0.1, 0.15) is 44.5 Å². The Balaban J connectivity index is 1.55. The summed E-state index contributed by atoms with van der Waals surface area (Å²) < 4.78 is 13.8. The summed E-state index contributed by atoms with van der Waals surface area (Å²) >= 11 is 0. The van der Waals surface area contributed by atoms with E-state index in [0.29, 0.717) is 13.2 Å². The largest absolute Gasteiger partial charge is 0.493 e. The molecule has 6 nitrogen and oxygen atoms in total. The molecule has 1 N–H and O–H groups in total. The van der Waals surface area contributed by atoms with Crippen LogP contribution < -0.4 is 14.8 Å². The van der Waals surface area contributed by atoms with Crippen molar-refractivity contribution in [3.8, 4) is 11.5 Å². The SMILES string of the molecule is C/C=C/c1ccc(OCCCCn2c(CCCNC(C)=O)nc3ccccc32)c(OC)c1. The average Bonchev–Trinajstić information content (AvgIpc) is 3.14. The van der Waals surface area contributed by atoms with Crippen molar-refractivity contribution >= 4 is 23.0 Å². The number of aryl methyl sites for hydroxylation is 2. The van der Waals surface area contributed by atoms with Gasteiger partial charge in [0.1, 0.15) is 5.82 Å². The van der Waals surface area contributed by atoms with Gasteiger partial charge in [-0.1, -0.05) is 30.4 Å². The summed E-state index contributed by atoms with van der Waals surface area (Å²) in [6, 6.07) is 14.2. The Hall–Kier alpha value is -3.28. The van der Waals surface area contributed by atoms with E-state index in [-0.39, 0.29) is 5.91 Å². The van der Waals surface area contributed by atoms with Crippen LogP contribution >= 0.6 is 0 Å². The number of allylic oxidation sites excluding steroid dienone is 1. The molecule has 0 unspecified atom stereocenters. The van der Waals surface area contributed by atoms with E-state index in [1.807, 2.05) is 49.4 Å². The number of nitrogens with one attached hydrogen (secondary N) is 1. The Kier molecular flexibility index (Phi) is 8.72. The van der Waals surface area contributed by atoms with E-state index in [9.17, 15) is 4.79 Å². The van der Waals surface area contributed by atoms with Crippen molar-refractivity contribution in [1.29, 1.82) is 0 Å². The molecule has 0 aliphatic heterocycles. The van der Waals surface area contributed by atoms with Crippen LogP contribution in [-0.2, 0) is 17.8 Å². The van der Waals surface area contributed by atoms with Gasteiger partial charge in [0.05, 0.1) is 24.8 Å². The molecular formula is C26H33N3O3. The van der Waals surface area contributed by atoms with E-state index in [0.717, 1.165) is 66.1 Å². The van der Waals surface area contributed by atoms with E-state index in [1.165, 1.54) is 0 Å². The number of nitrogens with zero attached hydrogens (tertiary/aromatic N) is 2. The molecule has 1 heterocycles. The van der Waals surface area contributed by atoms with Gasteiger partial charge in [-0.25, -0.2) is 4.98 Å². The Bertz CT molecular complexity index is 1060. The number of fused-ring (bicyclic) bond motifs is 1. The molecule has 32 heavy (non-hydrogen) atoms. The summed E-state index contributed by atoms with van der Waals surface area (Å²) in [5.41, 5.74) is 3.27. The van der Waals surface area contributed by atoms with Gasteiger partial charge in [0.25, 0.3) is 0 Å². The van der Waals surface area contributed by atoms with Crippen molar-refractivity contribution in [1.82, 2.24) is 14.9 Å². The summed E-state index contributed by atoms with van der Waals surface area (Å²) in [6.45, 7) is 5.72. The number of carbonyl (C=O) groups excluding carboxylic acids is 1. The molecular weight excluding hydrogens is 402 g/mol. The normalized spacial score (nSPS) is 11.2. The van der Waals surface area contributed by atoms with Gasteiger partial charge in [-0.3, -0.25) is 4.79 Å². The highest BCUT2D eigenvalue weighted by Crippen LogP contribution is 2.29. The number of ether oxygens (including phenoxy) is 2. The second-order valence-corrected chi connectivity index (χ2v) is 7.72. The lowest BCUT2D eigenvalue weighted by Gasteiger charge is -2.12. The molecule has 0 aliphatic rings. The molecule has 3 aromatic rings. The first kappa shape index (κ1) is 23.4. The van der Waals surface area contributed by atoms with Crippen LogP contribution in [0, 0.1) is 0 Å². The van der Waals surface area contributed by atoms with Crippen molar-refractivity contribution < 1.29 is 14.3 Å². The quantitative estimate of drug-likeness (QED) is 0.406. The number of benzene rings is 2. The van der Waals surface area contributed by atoms with Gasteiger partial charge < -0.3 is 19.4 Å². The van der Waals surface area contributed by atoms with Crippen LogP contribution in [0.2, 0.25) is 0 Å². The second kappa shape index (κ2) is 11.9. The molecule has 0 aliphatic carbocycles. The van der Waals surface area contributed by atoms with Gasteiger partial charge in [-0.05, 0) is 56.0 Å². The standard InChI is InChI=1S/C26H33N3O3/c1-4-10-21-14-15-24(25(19-21)31-3)32-18-8-7-17-29-23-12-6-5-11-22(23)28-26(29)13-9-16-27-20(2)30/h4-6,10-12,14-15,19H,7-9,13,16-18H2,1-3H3,(H,27,30)/b10-4+. The molecule has 0 bridgehead atoms. The number of amides is 1. The zero-order valence-corrected chi connectivity index (χ0v) is 19.3. The summed E-state index contributed by atoms with van der Waals surface area (Å²) in [6.07, 6.45) is 7.66. The van der Waals surface area contributed by atoms with Crippen LogP contribution in [0.4, 0.5) is 0 Å². The van der Waals surface area contributed by atoms with E-state index < -0.39 is 0 Å². The highest BCUT2D eigenvalue weighted by Gasteiger charge is 2.10. The summed E-state index contributed by atoms with van der Waals surface area (Å²) in [5.74, 6) is 2.60. The molecule has 1 amide bonds. The Morgan fingerprint density at radius 1 is 1.12 bits per heavy atom. The van der Waals surface area contributed by atoms with Crippen molar-refractivity contribution in [3.05, 3.63) is 59.9 Å². The molecule has 0 spiro atoms. The molecule has 0 atom stereocenters. The third-order valence-corrected chi connectivity index (χ3v) is 5.27. The Morgan fingerprint density at radius 2 is 1.97 bits per heavy atom. The molecule has 0 fully saturated rings. The fraction of sp³-hybridized carbons (Fsp3) is 0.385. The smallest absolute Gasteiger partial charge is 0.216 e. The number of para-hydroxylation sites is 2. The molecule has 170 valence electrons. The first-order valence-electron chi connectivity index (χ1n) is 11.2. The number of aromatic nitrogens is 2. The lowest BCUT2D eigenvalue weighted by Crippen LogP contribution is -2.21. The van der Waals surface area contributed by atoms with E-state index >= 15 is 0 Å². The fourth-order valence-corrected chi connectivity index (χ4v) is 3.73. The highest BCUT2D eigenvalue weighted by molar-refractivity contribution is 5.76. The number of unbranched alkanes of at least 4 members (excludes halogenated alkanes) is 1. The average molecular weight is 436 g/mol. The van der Waals surface area contributed by atoms with Crippen molar-refractivity contribution in [3.63, 3.8) is 0 Å². The molecule has 1 aromatic heterocycles. The number of methoxy groups -OCH3 is 1. The van der Waals surface area contributed by atoms with Gasteiger partial charge in [-0.2, -0.15) is 0 Å². The minimum Gasteiger partial charge on any atom is -0.493 e. The van der Waals surface area contributed by atoms with Crippen molar-refractivity contribution in [2.75, 3.05) is 20.3 Å². The van der Waals surface area contributed by atoms with E-state index in [4.69, 9.17) is 14.5 Å². The number of imidazole rings is 1. The summed E-state index contributed by atoms with van der Waals surface area (Å²) in [5, 5.41) is 2.86. The van der Waals surface area contributed by atoms with Crippen LogP contribution in [0.5, 0.6) is 11.5 Å². The van der Waals surface area contributed by atoms with Gasteiger partial charge >= 0.3 is 0 Å². The maximum Gasteiger partial charge on any atom is 0.216 e. The lowest BCUT2D eigenvalue weighted by molar-refractivity contribution is -0.118. The van der Waals surface area contributed by atoms with Crippen molar-refractivity contribution in [2.24, 2.45) is 0 Å². The summed E-state index contributed by atoms with van der Waals surface area (Å²) in [4.78, 5) is 15.9. The highest BCUT2D eigenvalue weighted by atomic mass is 16.5. The van der Waals surface area contributed by atoms with Crippen LogP contribution in [0.3, 0.4) is 0 Å². The molecule has 0 saturated carbocycles. The third-order valence-electron chi connectivity index (χ3n) is 5.27. The zero-order chi connectivity index (χ0) is 22.8. The first-order chi connectivity index (χ1) is 15.6. The first-order valence-corrected chi connectivity index (χ1v) is 11.2. The van der Waals surface area contributed by atoms with E-state index in [1.54, 1.807) is 14.0 Å². The van der Waals surface area contributed by atoms with Crippen LogP contribution in [0.25, 0.3) is 17.1 Å². The number of hydrogen-bond acceptors (Lipinski definition) is 4. The monoisotopic (exact) mass is 435 g/mol. The maximum atomic E-state index is 11.1. The lowest BCUT2D eigenvalue weighted by atomic mass is 10.2. The number of rotatable bonds is 12. The molecule has 3 rings (SSSR count). The zero-order valence-electron chi connectivity index (χ0n) is 19.3. The van der Waals surface area contributed by atoms with Crippen molar-refractivity contribution in [2.45, 2.75) is 46.1 Å². The predicted molar refractivity (Wildman–Crippen MR) is 129 cm³/mol. The topological polar surface area (TPSA) is 65.4 Å². The van der Waals surface area contributed by atoms with Crippen LogP contribution in [-0.4, -0.2) is 35.7 Å². The van der Waals surface area contributed by atoms with Gasteiger partial charge in [0.2, 0.25) is 5.91 Å². The molecule has 6 heteroatoms. The molecule has 0 saturated heterocycles. The molecule has 0 radical (unpaired) electrons. The van der Waals surface area contributed by atoms with E-state index in [2.05, 4.69) is 22.0 Å². The maximum absolute atomic E-state index is 11.1. The minimum absolute atomic E-state index is 0.00611. The third kappa shape index (κ3) is 6.36. The van der Waals surface area contributed by atoms with Crippen LogP contribution in [0.15, 0.2) is 48.5 Å². The predicted octanol–water partition coefficient (Wildman–Crippen LogP) is 5.01. The second-order valence-electron chi connectivity index (χ2n) is 7.72. The minimum atomic E-state index is 0.00611. The van der Waals surface area contributed by atoms with Gasteiger partial charge in [-0.15, -0.1) is 0 Å². The summed E-state index contributed by atoms with van der Waals surface area (Å²) in [7, 11) is 1.67. The number of carbonyl (C=O) groups is 1. The Labute approximate surface area is 190 Å².